The van der Waals surface area contributed by atoms with Crippen LogP contribution in [-0.2, 0) is 25.5 Å². The van der Waals surface area contributed by atoms with Crippen molar-refractivity contribution in [3.05, 3.63) is 45.2 Å². The zero-order valence-corrected chi connectivity index (χ0v) is 24.3. The number of carbonyl (C=O) groups is 2. The van der Waals surface area contributed by atoms with Gasteiger partial charge in [-0.05, 0) is 50.4 Å². The fourth-order valence-corrected chi connectivity index (χ4v) is 7.34. The summed E-state index contributed by atoms with van der Waals surface area (Å²) < 4.78 is 22.9. The smallest absolute Gasteiger partial charge is 0.216 e. The van der Waals surface area contributed by atoms with Crippen molar-refractivity contribution in [1.82, 2.24) is 15.1 Å². The third-order valence-corrected chi connectivity index (χ3v) is 9.06. The van der Waals surface area contributed by atoms with Crippen LogP contribution < -0.4 is 14.8 Å². The molecule has 3 aliphatic heterocycles. The molecular weight excluding hydrogens is 512 g/mol. The molecule has 3 heterocycles. The van der Waals surface area contributed by atoms with Gasteiger partial charge < -0.3 is 24.3 Å². The molecule has 0 spiro atoms. The summed E-state index contributed by atoms with van der Waals surface area (Å²) in [5.41, 5.74) is 5.36. The Kier molecular flexibility index (Phi) is 7.66. The summed E-state index contributed by atoms with van der Waals surface area (Å²) in [6.45, 7) is 5.64. The number of ether oxygens (including phenoxy) is 4. The third kappa shape index (κ3) is 4.28. The Morgan fingerprint density at radius 1 is 1.15 bits per heavy atom. The average molecular weight is 551 g/mol. The second-order valence-corrected chi connectivity index (χ2v) is 11.1. The van der Waals surface area contributed by atoms with E-state index < -0.39 is 6.04 Å². The molecule has 1 fully saturated rings. The van der Waals surface area contributed by atoms with Crippen LogP contribution in [0.4, 0.5) is 0 Å². The molecular formula is C30H38N4O6. The molecule has 1 aromatic rings. The van der Waals surface area contributed by atoms with Gasteiger partial charge in [0.25, 0.3) is 0 Å². The van der Waals surface area contributed by atoms with Crippen molar-refractivity contribution in [3.63, 3.8) is 0 Å². The van der Waals surface area contributed by atoms with E-state index in [0.717, 1.165) is 27.8 Å². The molecule has 40 heavy (non-hydrogen) atoms. The van der Waals surface area contributed by atoms with Crippen molar-refractivity contribution >= 4 is 11.7 Å². The van der Waals surface area contributed by atoms with Crippen molar-refractivity contribution in [3.8, 4) is 17.6 Å². The maximum Gasteiger partial charge on any atom is 0.216 e. The highest BCUT2D eigenvalue weighted by molar-refractivity contribution is 6.10. The zero-order valence-electron chi connectivity index (χ0n) is 24.3. The van der Waals surface area contributed by atoms with Crippen LogP contribution in [0.15, 0.2) is 28.5 Å². The summed E-state index contributed by atoms with van der Waals surface area (Å²) in [5, 5.41) is 13.6. The number of benzene rings is 1. The highest BCUT2D eigenvalue weighted by atomic mass is 16.7. The number of methoxy groups -OCH3 is 3. The normalized spacial score (nSPS) is 27.9. The van der Waals surface area contributed by atoms with Crippen molar-refractivity contribution < 1.29 is 28.5 Å². The number of hydrogen-bond acceptors (Lipinski definition) is 9. The summed E-state index contributed by atoms with van der Waals surface area (Å²) in [6, 6.07) is 3.46. The molecule has 10 heteroatoms. The van der Waals surface area contributed by atoms with E-state index in [4.69, 9.17) is 18.9 Å². The van der Waals surface area contributed by atoms with Gasteiger partial charge in [0, 0.05) is 55.8 Å². The Morgan fingerprint density at radius 2 is 1.90 bits per heavy atom. The van der Waals surface area contributed by atoms with Gasteiger partial charge >= 0.3 is 0 Å². The van der Waals surface area contributed by atoms with Crippen LogP contribution in [0.3, 0.4) is 0 Å². The molecule has 1 aromatic carbocycles. The van der Waals surface area contributed by atoms with Crippen molar-refractivity contribution in [2.45, 2.75) is 70.2 Å². The second-order valence-electron chi connectivity index (χ2n) is 11.1. The van der Waals surface area contributed by atoms with Crippen molar-refractivity contribution in [2.75, 3.05) is 41.7 Å². The van der Waals surface area contributed by atoms with Gasteiger partial charge in [-0.25, -0.2) is 0 Å². The number of nitrogens with one attached hydrogen (secondary N) is 1. The Bertz CT molecular complexity index is 1340. The van der Waals surface area contributed by atoms with E-state index in [-0.39, 0.29) is 42.7 Å². The van der Waals surface area contributed by atoms with Crippen molar-refractivity contribution in [2.24, 2.45) is 0 Å². The second kappa shape index (κ2) is 10.9. The molecule has 2 bridgehead atoms. The predicted molar refractivity (Wildman–Crippen MR) is 147 cm³/mol. The van der Waals surface area contributed by atoms with Crippen LogP contribution in [0, 0.1) is 18.3 Å². The monoisotopic (exact) mass is 550 g/mol. The minimum Gasteiger partial charge on any atom is -0.500 e. The van der Waals surface area contributed by atoms with Gasteiger partial charge in [0.05, 0.1) is 32.4 Å². The molecule has 0 aromatic heterocycles. The lowest BCUT2D eigenvalue weighted by Crippen LogP contribution is -2.70. The number of piperazine rings is 1. The fraction of sp³-hybridized carbons (Fsp3) is 0.567. The van der Waals surface area contributed by atoms with Gasteiger partial charge in [-0.2, -0.15) is 5.26 Å². The lowest BCUT2D eigenvalue weighted by molar-refractivity contribution is -0.119. The first-order valence-corrected chi connectivity index (χ1v) is 13.6. The molecule has 1 N–H and O–H groups in total. The first-order valence-electron chi connectivity index (χ1n) is 13.6. The summed E-state index contributed by atoms with van der Waals surface area (Å²) in [5.74, 6) is 1.74. The van der Waals surface area contributed by atoms with Gasteiger partial charge in [-0.1, -0.05) is 6.07 Å². The zero-order chi connectivity index (χ0) is 28.9. The highest BCUT2D eigenvalue weighted by Crippen LogP contribution is 2.54. The Morgan fingerprint density at radius 3 is 2.52 bits per heavy atom. The number of nitrogens with zero attached hydrogens (tertiary/aromatic N) is 3. The Balaban J connectivity index is 1.72. The van der Waals surface area contributed by atoms with E-state index >= 15 is 0 Å². The number of amides is 1. The molecule has 1 aliphatic carbocycles. The first-order chi connectivity index (χ1) is 19.2. The number of nitriles is 1. The molecule has 5 atom stereocenters. The average Bonchev–Trinajstić information content (AvgIpc) is 2.92. The van der Waals surface area contributed by atoms with Gasteiger partial charge in [-0.3, -0.25) is 19.4 Å². The van der Waals surface area contributed by atoms with E-state index in [0.29, 0.717) is 48.6 Å². The number of likely N-dealkylation sites (N-methyl/N-ethyl adjacent to an activating group) is 1. The van der Waals surface area contributed by atoms with Crippen LogP contribution in [0.2, 0.25) is 0 Å². The van der Waals surface area contributed by atoms with Crippen LogP contribution in [-0.4, -0.2) is 87.4 Å². The largest absolute Gasteiger partial charge is 0.500 e. The maximum absolute atomic E-state index is 13.8. The van der Waals surface area contributed by atoms with Crippen LogP contribution in [0.1, 0.15) is 49.4 Å². The van der Waals surface area contributed by atoms with Crippen LogP contribution >= 0.6 is 0 Å². The molecule has 10 nitrogen and oxygen atoms in total. The number of hydrogen-bond donors (Lipinski definition) is 1. The molecule has 1 saturated heterocycles. The summed E-state index contributed by atoms with van der Waals surface area (Å²) in [7, 11) is 6.85. The van der Waals surface area contributed by atoms with Crippen molar-refractivity contribution in [1.29, 1.82) is 5.26 Å². The molecule has 0 saturated carbocycles. The Hall–Kier alpha value is -3.39. The minimum absolute atomic E-state index is 0.0303. The number of allylic oxidation sites excluding steroid dienone is 2. The SMILES string of the molecule is COCOc1c(OC)c(C)cc2c1C1C3CC4=C(CC(OC)=C(C)C4=O)[C@H](CNC(C)=O)N3[C@@H](C#N)[C@H](C2)N1C. The molecule has 1 amide bonds. The van der Waals surface area contributed by atoms with Gasteiger partial charge in [0.1, 0.15) is 11.8 Å². The minimum atomic E-state index is -0.453. The van der Waals surface area contributed by atoms with Gasteiger partial charge in [0.15, 0.2) is 24.1 Å². The van der Waals surface area contributed by atoms with E-state index in [2.05, 4.69) is 34.3 Å². The summed E-state index contributed by atoms with van der Waals surface area (Å²) >= 11 is 0. The van der Waals surface area contributed by atoms with E-state index in [1.807, 2.05) is 13.8 Å². The number of Topliss-reactive ketones (excluding diaryl/α,β-unsaturated/α-hetero) is 1. The van der Waals surface area contributed by atoms with Gasteiger partial charge in [-0.15, -0.1) is 0 Å². The standard InChI is InChI=1S/C30H38N4O6/c1-15-8-18-9-21-23(12-31)34-22(27(33(21)4)26(18)30(29(15)39-7)40-14-37-5)10-20-19(24(34)13-32-17(3)35)11-25(38-6)16(2)28(20)36/h8,21-24,27H,9-11,13-14H2,1-7H3,(H,32,35)/t21-,22?,23-,24-,27?/m0/s1. The molecule has 2 unspecified atom stereocenters. The summed E-state index contributed by atoms with van der Waals surface area (Å²) in [6.07, 6.45) is 1.60. The first kappa shape index (κ1) is 28.1. The molecule has 5 rings (SSSR count). The van der Waals surface area contributed by atoms with Crippen LogP contribution in [0.5, 0.6) is 11.5 Å². The molecule has 0 radical (unpaired) electrons. The number of ketones is 1. The number of rotatable bonds is 7. The van der Waals surface area contributed by atoms with E-state index in [9.17, 15) is 14.9 Å². The topological polar surface area (TPSA) is 113 Å². The van der Waals surface area contributed by atoms with Gasteiger partial charge in [0.2, 0.25) is 5.91 Å². The van der Waals surface area contributed by atoms with E-state index in [1.165, 1.54) is 6.92 Å². The predicted octanol–water partition coefficient (Wildman–Crippen LogP) is 2.56. The lowest BCUT2D eigenvalue weighted by atomic mass is 9.70. The fourth-order valence-electron chi connectivity index (χ4n) is 7.34. The van der Waals surface area contributed by atoms with Crippen LogP contribution in [0.25, 0.3) is 0 Å². The summed E-state index contributed by atoms with van der Waals surface area (Å²) in [4.78, 5) is 30.4. The maximum atomic E-state index is 13.8. The lowest BCUT2D eigenvalue weighted by Gasteiger charge is -2.60. The molecule has 4 aliphatic rings. The third-order valence-electron chi connectivity index (χ3n) is 9.06. The molecule has 214 valence electrons. The number of carbonyl (C=O) groups excluding carboxylic acids is 2. The number of fused-ring (bicyclic) bond motifs is 6. The highest BCUT2D eigenvalue weighted by Gasteiger charge is 2.56. The van der Waals surface area contributed by atoms with E-state index in [1.54, 1.807) is 21.3 Å². The quantitative estimate of drug-likeness (QED) is 0.512. The number of aryl methyl sites for hydroxylation is 1. The Labute approximate surface area is 235 Å².